The molecule has 1 saturated heterocycles. The molecule has 1 aliphatic rings. The minimum Gasteiger partial charge on any atom is -0.384 e. The number of methoxy groups -OCH3 is 1. The molecule has 1 aliphatic heterocycles. The van der Waals surface area contributed by atoms with Crippen LogP contribution in [0.15, 0.2) is 6.20 Å². The molecule has 0 radical (unpaired) electrons. The van der Waals surface area contributed by atoms with Crippen LogP contribution in [0.1, 0.15) is 30.7 Å². The first-order valence-electron chi connectivity index (χ1n) is 6.61. The fraction of sp³-hybridized carbons (Fsp3) is 0.769. The highest BCUT2D eigenvalue weighted by atomic mass is 32.1. The van der Waals surface area contributed by atoms with Crippen LogP contribution in [0, 0.1) is 5.92 Å². The van der Waals surface area contributed by atoms with Gasteiger partial charge in [0, 0.05) is 37.3 Å². The van der Waals surface area contributed by atoms with Gasteiger partial charge in [0.15, 0.2) is 5.13 Å². The molecule has 1 aromatic rings. The lowest BCUT2D eigenvalue weighted by Gasteiger charge is -2.32. The van der Waals surface area contributed by atoms with Crippen molar-refractivity contribution in [2.24, 2.45) is 5.92 Å². The average Bonchev–Trinajstić information content (AvgIpc) is 2.88. The van der Waals surface area contributed by atoms with Crippen LogP contribution >= 0.6 is 11.3 Å². The Morgan fingerprint density at radius 1 is 1.67 bits per heavy atom. The molecule has 2 unspecified atom stereocenters. The molecular formula is C13H23N3OS. The van der Waals surface area contributed by atoms with Gasteiger partial charge in [0.25, 0.3) is 0 Å². The molecule has 18 heavy (non-hydrogen) atoms. The summed E-state index contributed by atoms with van der Waals surface area (Å²) in [6.07, 6.45) is 4.51. The number of anilines is 1. The van der Waals surface area contributed by atoms with E-state index in [1.165, 1.54) is 17.7 Å². The number of aromatic nitrogens is 1. The van der Waals surface area contributed by atoms with E-state index in [2.05, 4.69) is 22.1 Å². The molecule has 2 atom stereocenters. The van der Waals surface area contributed by atoms with Crippen LogP contribution < -0.4 is 10.2 Å². The predicted molar refractivity (Wildman–Crippen MR) is 76.4 cm³/mol. The topological polar surface area (TPSA) is 37.4 Å². The molecule has 0 amide bonds. The minimum atomic E-state index is 0.385. The summed E-state index contributed by atoms with van der Waals surface area (Å²) >= 11 is 1.80. The first-order chi connectivity index (χ1) is 8.74. The number of rotatable bonds is 5. The van der Waals surface area contributed by atoms with Gasteiger partial charge in [-0.05, 0) is 32.7 Å². The van der Waals surface area contributed by atoms with E-state index in [0.29, 0.717) is 12.0 Å². The molecule has 5 heteroatoms. The Kier molecular flexibility index (Phi) is 4.97. The van der Waals surface area contributed by atoms with Crippen molar-refractivity contribution in [2.45, 2.75) is 25.8 Å². The Bertz CT molecular complexity index is 367. The van der Waals surface area contributed by atoms with Gasteiger partial charge < -0.3 is 15.0 Å². The summed E-state index contributed by atoms with van der Waals surface area (Å²) in [6, 6.07) is 0.385. The maximum Gasteiger partial charge on any atom is 0.185 e. The van der Waals surface area contributed by atoms with E-state index in [1.807, 2.05) is 13.2 Å². The highest BCUT2D eigenvalue weighted by molar-refractivity contribution is 7.15. The number of nitrogens with zero attached hydrogens (tertiary/aromatic N) is 2. The maximum atomic E-state index is 5.27. The highest BCUT2D eigenvalue weighted by Crippen LogP contribution is 2.30. The monoisotopic (exact) mass is 269 g/mol. The minimum absolute atomic E-state index is 0.385. The SMILES string of the molecule is CNC(C)c1cnc(N2CCCC(COC)C2)s1. The third kappa shape index (κ3) is 3.22. The summed E-state index contributed by atoms with van der Waals surface area (Å²) in [7, 11) is 3.77. The zero-order valence-corrected chi connectivity index (χ0v) is 12.3. The molecule has 0 bridgehead atoms. The van der Waals surface area contributed by atoms with Crippen LogP contribution in [-0.2, 0) is 4.74 Å². The van der Waals surface area contributed by atoms with Crippen LogP contribution in [0.5, 0.6) is 0 Å². The molecule has 0 aliphatic carbocycles. The van der Waals surface area contributed by atoms with Crippen molar-refractivity contribution in [3.8, 4) is 0 Å². The molecule has 1 aromatic heterocycles. The lowest BCUT2D eigenvalue weighted by atomic mass is 9.99. The third-order valence-electron chi connectivity index (χ3n) is 3.56. The zero-order valence-electron chi connectivity index (χ0n) is 11.5. The van der Waals surface area contributed by atoms with E-state index in [-0.39, 0.29) is 0 Å². The normalized spacial score (nSPS) is 22.2. The van der Waals surface area contributed by atoms with Crippen molar-refractivity contribution in [1.82, 2.24) is 10.3 Å². The Balaban J connectivity index is 2.00. The van der Waals surface area contributed by atoms with E-state index >= 15 is 0 Å². The second-order valence-electron chi connectivity index (χ2n) is 4.97. The van der Waals surface area contributed by atoms with Crippen LogP contribution in [0.2, 0.25) is 0 Å². The van der Waals surface area contributed by atoms with Gasteiger partial charge in [0.2, 0.25) is 0 Å². The second-order valence-corrected chi connectivity index (χ2v) is 6.01. The van der Waals surface area contributed by atoms with E-state index in [0.717, 1.165) is 24.8 Å². The van der Waals surface area contributed by atoms with Gasteiger partial charge in [-0.3, -0.25) is 0 Å². The lowest BCUT2D eigenvalue weighted by molar-refractivity contribution is 0.143. The summed E-state index contributed by atoms with van der Waals surface area (Å²) in [5.74, 6) is 0.651. The van der Waals surface area contributed by atoms with Crippen molar-refractivity contribution in [3.63, 3.8) is 0 Å². The number of piperidine rings is 1. The van der Waals surface area contributed by atoms with Gasteiger partial charge in [-0.1, -0.05) is 0 Å². The summed E-state index contributed by atoms with van der Waals surface area (Å²) in [5.41, 5.74) is 0. The van der Waals surface area contributed by atoms with Crippen LogP contribution in [0.25, 0.3) is 0 Å². The molecule has 4 nitrogen and oxygen atoms in total. The molecule has 1 N–H and O–H groups in total. The first-order valence-corrected chi connectivity index (χ1v) is 7.43. The smallest absolute Gasteiger partial charge is 0.185 e. The van der Waals surface area contributed by atoms with Crippen molar-refractivity contribution >= 4 is 16.5 Å². The third-order valence-corrected chi connectivity index (χ3v) is 4.80. The number of nitrogens with one attached hydrogen (secondary N) is 1. The van der Waals surface area contributed by atoms with Crippen molar-refractivity contribution in [1.29, 1.82) is 0 Å². The predicted octanol–water partition coefficient (Wildman–Crippen LogP) is 2.29. The molecule has 0 aromatic carbocycles. The largest absolute Gasteiger partial charge is 0.384 e. The molecule has 0 saturated carbocycles. The van der Waals surface area contributed by atoms with Crippen LogP contribution in [-0.4, -0.2) is 38.8 Å². The standard InChI is InChI=1S/C13H23N3OS/c1-10(14-2)12-7-15-13(18-12)16-6-4-5-11(8-16)9-17-3/h7,10-11,14H,4-6,8-9H2,1-3H3. The summed E-state index contributed by atoms with van der Waals surface area (Å²) in [4.78, 5) is 8.28. The number of hydrogen-bond acceptors (Lipinski definition) is 5. The number of thiazole rings is 1. The van der Waals surface area contributed by atoms with Gasteiger partial charge in [-0.25, -0.2) is 4.98 Å². The van der Waals surface area contributed by atoms with E-state index in [1.54, 1.807) is 18.4 Å². The van der Waals surface area contributed by atoms with Crippen molar-refractivity contribution in [2.75, 3.05) is 38.8 Å². The number of ether oxygens (including phenoxy) is 1. The summed E-state index contributed by atoms with van der Waals surface area (Å²) < 4.78 is 5.27. The molecule has 0 spiro atoms. The van der Waals surface area contributed by atoms with Gasteiger partial charge in [0.1, 0.15) is 0 Å². The molecular weight excluding hydrogens is 246 g/mol. The Morgan fingerprint density at radius 2 is 2.50 bits per heavy atom. The van der Waals surface area contributed by atoms with Gasteiger partial charge in [0.05, 0.1) is 6.61 Å². The Hall–Kier alpha value is -0.650. The number of hydrogen-bond donors (Lipinski definition) is 1. The van der Waals surface area contributed by atoms with Crippen LogP contribution in [0.4, 0.5) is 5.13 Å². The van der Waals surface area contributed by atoms with Gasteiger partial charge in [-0.2, -0.15) is 0 Å². The van der Waals surface area contributed by atoms with Gasteiger partial charge >= 0.3 is 0 Å². The molecule has 1 fully saturated rings. The fourth-order valence-electron chi connectivity index (χ4n) is 2.38. The van der Waals surface area contributed by atoms with E-state index < -0.39 is 0 Å². The zero-order chi connectivity index (χ0) is 13.0. The van der Waals surface area contributed by atoms with E-state index in [4.69, 9.17) is 4.74 Å². The Labute approximate surface area is 113 Å². The Morgan fingerprint density at radius 3 is 3.22 bits per heavy atom. The molecule has 2 rings (SSSR count). The highest BCUT2D eigenvalue weighted by Gasteiger charge is 2.22. The van der Waals surface area contributed by atoms with Crippen LogP contribution in [0.3, 0.4) is 0 Å². The van der Waals surface area contributed by atoms with E-state index in [9.17, 15) is 0 Å². The summed E-state index contributed by atoms with van der Waals surface area (Å²) in [6.45, 7) is 5.23. The van der Waals surface area contributed by atoms with Crippen molar-refractivity contribution < 1.29 is 4.74 Å². The summed E-state index contributed by atoms with van der Waals surface area (Å²) in [5, 5.41) is 4.42. The quantitative estimate of drug-likeness (QED) is 0.890. The first kappa shape index (κ1) is 13.8. The average molecular weight is 269 g/mol. The fourth-order valence-corrected chi connectivity index (χ4v) is 3.39. The molecule has 102 valence electrons. The van der Waals surface area contributed by atoms with Crippen molar-refractivity contribution in [3.05, 3.63) is 11.1 Å². The lowest BCUT2D eigenvalue weighted by Crippen LogP contribution is -2.37. The molecule has 2 heterocycles. The maximum absolute atomic E-state index is 5.27. The second kappa shape index (κ2) is 6.50. The van der Waals surface area contributed by atoms with Gasteiger partial charge in [-0.15, -0.1) is 11.3 Å².